The third kappa shape index (κ3) is 2.89. The Morgan fingerprint density at radius 2 is 1.80 bits per heavy atom. The zero-order chi connectivity index (χ0) is 18.1. The zero-order valence-electron chi connectivity index (χ0n) is 13.7. The molecule has 6 heteroatoms. The van der Waals surface area contributed by atoms with Crippen molar-refractivity contribution in [3.05, 3.63) is 71.3 Å². The van der Waals surface area contributed by atoms with Crippen LogP contribution in [0.5, 0.6) is 0 Å². The third-order valence-corrected chi connectivity index (χ3v) is 4.21. The fraction of sp³-hybridized carbons (Fsp3) is 0.105. The number of amides is 3. The normalized spacial score (nSPS) is 12.9. The summed E-state index contributed by atoms with van der Waals surface area (Å²) >= 11 is 0. The van der Waals surface area contributed by atoms with E-state index in [0.29, 0.717) is 28.1 Å². The molecule has 0 spiro atoms. The molecular weight excluding hydrogens is 318 g/mol. The molecule has 0 bridgehead atoms. The number of fused-ring (bicyclic) bond motifs is 1. The minimum absolute atomic E-state index is 0.160. The highest BCUT2D eigenvalue weighted by molar-refractivity contribution is 6.11. The van der Waals surface area contributed by atoms with Crippen molar-refractivity contribution in [3.63, 3.8) is 0 Å². The van der Waals surface area contributed by atoms with Crippen molar-refractivity contribution in [1.82, 2.24) is 4.90 Å². The Hall–Kier alpha value is -3.41. The Bertz CT molecular complexity index is 883. The van der Waals surface area contributed by atoms with Crippen LogP contribution in [0.3, 0.4) is 0 Å². The fourth-order valence-electron chi connectivity index (χ4n) is 2.87. The second-order valence-corrected chi connectivity index (χ2v) is 5.77. The van der Waals surface area contributed by atoms with Crippen molar-refractivity contribution in [2.75, 3.05) is 11.9 Å². The number of carbonyl (C=O) groups is 3. The molecule has 126 valence electrons. The molecule has 1 heterocycles. The molecule has 0 aromatic heterocycles. The van der Waals surface area contributed by atoms with E-state index in [4.69, 9.17) is 5.73 Å². The number of nitrogens with two attached hydrogens (primary N) is 1. The second kappa shape index (κ2) is 6.24. The lowest BCUT2D eigenvalue weighted by molar-refractivity contribution is -0.116. The number of carbonyl (C=O) groups excluding carboxylic acids is 3. The number of rotatable bonds is 4. The summed E-state index contributed by atoms with van der Waals surface area (Å²) in [6.45, 7) is 5.45. The number of nitrogens with zero attached hydrogens (tertiary/aromatic N) is 1. The lowest BCUT2D eigenvalue weighted by atomic mass is 10.1. The predicted molar refractivity (Wildman–Crippen MR) is 94.8 cm³/mol. The van der Waals surface area contributed by atoms with Gasteiger partial charge in [-0.25, -0.2) is 0 Å². The molecule has 0 aliphatic carbocycles. The largest absolute Gasteiger partial charge is 0.366 e. The Kier molecular flexibility index (Phi) is 4.10. The molecule has 0 atom stereocenters. The van der Waals surface area contributed by atoms with Gasteiger partial charge in [0.1, 0.15) is 6.54 Å². The minimum Gasteiger partial charge on any atom is -0.366 e. The Labute approximate surface area is 144 Å². The summed E-state index contributed by atoms with van der Waals surface area (Å²) in [7, 11) is 0. The molecule has 3 N–H and O–H groups in total. The van der Waals surface area contributed by atoms with Gasteiger partial charge in [-0.2, -0.15) is 0 Å². The highest BCUT2D eigenvalue weighted by atomic mass is 16.2. The summed E-state index contributed by atoms with van der Waals surface area (Å²) in [4.78, 5) is 37.5. The second-order valence-electron chi connectivity index (χ2n) is 5.77. The molecule has 3 amide bonds. The molecule has 1 aliphatic rings. The molecule has 3 rings (SSSR count). The van der Waals surface area contributed by atoms with Crippen molar-refractivity contribution < 1.29 is 14.4 Å². The highest BCUT2D eigenvalue weighted by Crippen LogP contribution is 2.30. The van der Waals surface area contributed by atoms with Crippen LogP contribution in [0.4, 0.5) is 5.69 Å². The van der Waals surface area contributed by atoms with Crippen LogP contribution in [0.15, 0.2) is 49.0 Å². The lowest BCUT2D eigenvalue weighted by Gasteiger charge is -2.18. The minimum atomic E-state index is -0.563. The van der Waals surface area contributed by atoms with E-state index in [1.165, 1.54) is 4.90 Å². The summed E-state index contributed by atoms with van der Waals surface area (Å²) in [5, 5.41) is 2.72. The average molecular weight is 335 g/mol. The number of nitrogens with one attached hydrogen (secondary N) is 1. The third-order valence-electron chi connectivity index (χ3n) is 4.21. The molecule has 0 unspecified atom stereocenters. The van der Waals surface area contributed by atoms with Crippen molar-refractivity contribution in [2.24, 2.45) is 5.73 Å². The standard InChI is InChI=1S/C19H17N3O3/c1-11-13(18(20)24)8-5-9-16(11)21-17(23)10-22-12(2)14-6-3-4-7-15(14)19(22)25/h3-9H,2,10H2,1H3,(H2,20,24)(H,21,23). The van der Waals surface area contributed by atoms with E-state index in [0.717, 1.165) is 5.56 Å². The van der Waals surface area contributed by atoms with E-state index in [9.17, 15) is 14.4 Å². The van der Waals surface area contributed by atoms with Gasteiger partial charge in [-0.05, 0) is 30.7 Å². The van der Waals surface area contributed by atoms with Gasteiger partial charge in [0, 0.05) is 28.1 Å². The Morgan fingerprint density at radius 3 is 2.44 bits per heavy atom. The van der Waals surface area contributed by atoms with Gasteiger partial charge >= 0.3 is 0 Å². The number of hydrogen-bond acceptors (Lipinski definition) is 3. The van der Waals surface area contributed by atoms with E-state index < -0.39 is 5.91 Å². The van der Waals surface area contributed by atoms with Crippen molar-refractivity contribution >= 4 is 29.1 Å². The van der Waals surface area contributed by atoms with Crippen LogP contribution in [-0.4, -0.2) is 29.2 Å². The van der Waals surface area contributed by atoms with Gasteiger partial charge in [0.2, 0.25) is 11.8 Å². The van der Waals surface area contributed by atoms with Gasteiger partial charge in [0.25, 0.3) is 5.91 Å². The lowest BCUT2D eigenvalue weighted by Crippen LogP contribution is -2.33. The number of anilines is 1. The fourth-order valence-corrected chi connectivity index (χ4v) is 2.87. The molecule has 2 aromatic rings. The average Bonchev–Trinajstić information content (AvgIpc) is 2.82. The van der Waals surface area contributed by atoms with Crippen LogP contribution in [-0.2, 0) is 4.79 Å². The van der Waals surface area contributed by atoms with Crippen molar-refractivity contribution in [2.45, 2.75) is 6.92 Å². The molecule has 0 saturated carbocycles. The van der Waals surface area contributed by atoms with Crippen molar-refractivity contribution in [1.29, 1.82) is 0 Å². The van der Waals surface area contributed by atoms with Crippen molar-refractivity contribution in [3.8, 4) is 0 Å². The zero-order valence-corrected chi connectivity index (χ0v) is 13.7. The first-order valence-corrected chi connectivity index (χ1v) is 7.69. The van der Waals surface area contributed by atoms with Gasteiger partial charge in [0.05, 0.1) is 0 Å². The molecular formula is C19H17N3O3. The molecule has 1 aliphatic heterocycles. The Balaban J connectivity index is 1.77. The number of hydrogen-bond donors (Lipinski definition) is 2. The van der Waals surface area contributed by atoms with Crippen LogP contribution in [0, 0.1) is 6.92 Å². The van der Waals surface area contributed by atoms with E-state index >= 15 is 0 Å². The van der Waals surface area contributed by atoms with E-state index in [1.807, 2.05) is 6.07 Å². The maximum Gasteiger partial charge on any atom is 0.259 e. The monoisotopic (exact) mass is 335 g/mol. The number of benzene rings is 2. The topological polar surface area (TPSA) is 92.5 Å². The van der Waals surface area contributed by atoms with Gasteiger partial charge in [-0.15, -0.1) is 0 Å². The van der Waals surface area contributed by atoms with Crippen LogP contribution < -0.4 is 11.1 Å². The molecule has 0 saturated heterocycles. The van der Waals surface area contributed by atoms with Gasteiger partial charge in [-0.1, -0.05) is 30.8 Å². The van der Waals surface area contributed by atoms with E-state index in [2.05, 4.69) is 11.9 Å². The smallest absolute Gasteiger partial charge is 0.259 e. The van der Waals surface area contributed by atoms with Gasteiger partial charge in [0.15, 0.2) is 0 Å². The maximum atomic E-state index is 12.4. The quantitative estimate of drug-likeness (QED) is 0.897. The van der Waals surface area contributed by atoms with Gasteiger partial charge in [-0.3, -0.25) is 19.3 Å². The van der Waals surface area contributed by atoms with Gasteiger partial charge < -0.3 is 11.1 Å². The van der Waals surface area contributed by atoms with Crippen LogP contribution in [0.1, 0.15) is 31.8 Å². The molecule has 2 aromatic carbocycles. The Morgan fingerprint density at radius 1 is 1.12 bits per heavy atom. The van der Waals surface area contributed by atoms with E-state index in [1.54, 1.807) is 43.3 Å². The van der Waals surface area contributed by atoms with E-state index in [-0.39, 0.29) is 18.4 Å². The number of primary amides is 1. The first kappa shape index (κ1) is 16.4. The predicted octanol–water partition coefficient (Wildman–Crippen LogP) is 2.16. The summed E-state index contributed by atoms with van der Waals surface area (Å²) in [6, 6.07) is 12.0. The summed E-state index contributed by atoms with van der Waals surface area (Å²) in [6.07, 6.45) is 0. The SMILES string of the molecule is C=C1c2ccccc2C(=O)N1CC(=O)Nc1cccc(C(N)=O)c1C. The summed E-state index contributed by atoms with van der Waals surface area (Å²) in [5.41, 5.74) is 8.48. The first-order chi connectivity index (χ1) is 11.9. The molecule has 0 fully saturated rings. The molecule has 25 heavy (non-hydrogen) atoms. The van der Waals surface area contributed by atoms with Crippen LogP contribution >= 0.6 is 0 Å². The highest BCUT2D eigenvalue weighted by Gasteiger charge is 2.31. The summed E-state index contributed by atoms with van der Waals surface area (Å²) in [5.74, 6) is -1.20. The first-order valence-electron chi connectivity index (χ1n) is 7.69. The molecule has 0 radical (unpaired) electrons. The maximum absolute atomic E-state index is 12.4. The molecule has 6 nitrogen and oxygen atoms in total. The summed E-state index contributed by atoms with van der Waals surface area (Å²) < 4.78 is 0. The van der Waals surface area contributed by atoms with Crippen LogP contribution in [0.25, 0.3) is 5.70 Å². The van der Waals surface area contributed by atoms with Crippen LogP contribution in [0.2, 0.25) is 0 Å².